The predicted octanol–water partition coefficient (Wildman–Crippen LogP) is 0.813. The molecule has 1 aromatic heterocycles. The Kier molecular flexibility index (Phi) is 4.48. The normalized spacial score (nSPS) is 10.4. The van der Waals surface area contributed by atoms with Crippen LogP contribution in [0, 0.1) is 5.82 Å². The van der Waals surface area contributed by atoms with Crippen LogP contribution in [0.1, 0.15) is 10.5 Å². The van der Waals surface area contributed by atoms with Crippen molar-refractivity contribution < 1.29 is 9.18 Å². The molecule has 0 unspecified atom stereocenters. The van der Waals surface area contributed by atoms with Gasteiger partial charge >= 0.3 is 0 Å². The molecule has 0 spiro atoms. The third kappa shape index (κ3) is 3.76. The SMILES string of the molecule is NNC(=O)c1cn(CCSc2cccc(F)c2)nn1. The number of nitrogens with two attached hydrogens (primary N) is 1. The first kappa shape index (κ1) is 13.5. The molecule has 100 valence electrons. The van der Waals surface area contributed by atoms with Gasteiger partial charge in [-0.2, -0.15) is 0 Å². The summed E-state index contributed by atoms with van der Waals surface area (Å²) in [4.78, 5) is 12.0. The molecule has 0 aliphatic heterocycles. The molecule has 2 rings (SSSR count). The lowest BCUT2D eigenvalue weighted by Gasteiger charge is -2.01. The summed E-state index contributed by atoms with van der Waals surface area (Å²) in [7, 11) is 0. The first-order chi connectivity index (χ1) is 9.19. The molecule has 0 aliphatic carbocycles. The van der Waals surface area contributed by atoms with E-state index < -0.39 is 5.91 Å². The minimum Gasteiger partial charge on any atom is -0.289 e. The maximum absolute atomic E-state index is 13.0. The number of halogens is 1. The number of nitrogen functional groups attached to an aromatic ring is 1. The van der Waals surface area contributed by atoms with Crippen LogP contribution in [-0.2, 0) is 6.54 Å². The zero-order valence-corrected chi connectivity index (χ0v) is 10.7. The van der Waals surface area contributed by atoms with Gasteiger partial charge in [0.1, 0.15) is 5.82 Å². The molecule has 0 radical (unpaired) electrons. The van der Waals surface area contributed by atoms with Crippen molar-refractivity contribution in [3.63, 3.8) is 0 Å². The average Bonchev–Trinajstić information content (AvgIpc) is 2.87. The van der Waals surface area contributed by atoms with Crippen LogP contribution >= 0.6 is 11.8 Å². The highest BCUT2D eigenvalue weighted by atomic mass is 32.2. The number of aryl methyl sites for hydroxylation is 1. The molecule has 0 saturated heterocycles. The monoisotopic (exact) mass is 281 g/mol. The first-order valence-corrected chi connectivity index (χ1v) is 6.47. The molecule has 8 heteroatoms. The number of thioether (sulfide) groups is 1. The molecule has 0 bridgehead atoms. The fourth-order valence-electron chi connectivity index (χ4n) is 1.40. The van der Waals surface area contributed by atoms with Gasteiger partial charge in [0.25, 0.3) is 5.91 Å². The van der Waals surface area contributed by atoms with Crippen LogP contribution < -0.4 is 11.3 Å². The van der Waals surface area contributed by atoms with E-state index in [2.05, 4.69) is 10.3 Å². The van der Waals surface area contributed by atoms with Gasteiger partial charge in [-0.15, -0.1) is 16.9 Å². The Morgan fingerprint density at radius 2 is 2.37 bits per heavy atom. The molecule has 0 saturated carbocycles. The number of aromatic nitrogens is 3. The fourth-order valence-corrected chi connectivity index (χ4v) is 2.28. The number of carbonyl (C=O) groups excluding carboxylic acids is 1. The highest BCUT2D eigenvalue weighted by Gasteiger charge is 2.08. The number of rotatable bonds is 5. The summed E-state index contributed by atoms with van der Waals surface area (Å²) in [6.45, 7) is 0.562. The van der Waals surface area contributed by atoms with E-state index in [1.54, 1.807) is 6.07 Å². The van der Waals surface area contributed by atoms with E-state index in [0.29, 0.717) is 12.3 Å². The number of nitrogens with zero attached hydrogens (tertiary/aromatic N) is 3. The summed E-state index contributed by atoms with van der Waals surface area (Å²) in [6.07, 6.45) is 1.51. The molecular formula is C11H12FN5OS. The van der Waals surface area contributed by atoms with E-state index in [-0.39, 0.29) is 11.5 Å². The molecule has 0 atom stereocenters. The lowest BCUT2D eigenvalue weighted by atomic mass is 10.4. The molecular weight excluding hydrogens is 269 g/mol. The zero-order chi connectivity index (χ0) is 13.7. The number of hydrogen-bond donors (Lipinski definition) is 2. The van der Waals surface area contributed by atoms with Gasteiger partial charge in [0.05, 0.1) is 12.7 Å². The lowest BCUT2D eigenvalue weighted by Crippen LogP contribution is -2.30. The maximum Gasteiger partial charge on any atom is 0.287 e. The van der Waals surface area contributed by atoms with Crippen LogP contribution in [0.2, 0.25) is 0 Å². The van der Waals surface area contributed by atoms with Crippen LogP contribution in [0.3, 0.4) is 0 Å². The van der Waals surface area contributed by atoms with Crippen molar-refractivity contribution in [2.45, 2.75) is 11.4 Å². The standard InChI is InChI=1S/C11H12FN5OS/c12-8-2-1-3-9(6-8)19-5-4-17-7-10(15-16-17)11(18)14-13/h1-3,6-7H,4-5,13H2,(H,14,18). The smallest absolute Gasteiger partial charge is 0.287 e. The Bertz CT molecular complexity index is 574. The van der Waals surface area contributed by atoms with Gasteiger partial charge in [0.2, 0.25) is 0 Å². The molecule has 1 heterocycles. The van der Waals surface area contributed by atoms with Crippen molar-refractivity contribution in [1.82, 2.24) is 20.4 Å². The Morgan fingerprint density at radius 1 is 1.53 bits per heavy atom. The van der Waals surface area contributed by atoms with Crippen molar-refractivity contribution in [1.29, 1.82) is 0 Å². The third-order valence-corrected chi connectivity index (χ3v) is 3.26. The van der Waals surface area contributed by atoms with E-state index in [1.165, 1.54) is 34.8 Å². The Labute approximate surface area is 113 Å². The van der Waals surface area contributed by atoms with E-state index in [0.717, 1.165) is 4.90 Å². The number of amides is 1. The van der Waals surface area contributed by atoms with E-state index >= 15 is 0 Å². The summed E-state index contributed by atoms with van der Waals surface area (Å²) in [6, 6.07) is 6.37. The van der Waals surface area contributed by atoms with E-state index in [9.17, 15) is 9.18 Å². The van der Waals surface area contributed by atoms with E-state index in [4.69, 9.17) is 5.84 Å². The van der Waals surface area contributed by atoms with Crippen molar-refractivity contribution in [3.05, 3.63) is 42.0 Å². The van der Waals surface area contributed by atoms with Gasteiger partial charge in [0.15, 0.2) is 5.69 Å². The Hall–Kier alpha value is -1.93. The largest absolute Gasteiger partial charge is 0.289 e. The second kappa shape index (κ2) is 6.30. The molecule has 0 aliphatic rings. The van der Waals surface area contributed by atoms with Crippen LogP contribution in [-0.4, -0.2) is 26.7 Å². The zero-order valence-electron chi connectivity index (χ0n) is 9.91. The molecule has 1 amide bonds. The molecule has 0 fully saturated rings. The summed E-state index contributed by atoms with van der Waals surface area (Å²) < 4.78 is 14.5. The average molecular weight is 281 g/mol. The van der Waals surface area contributed by atoms with E-state index in [1.807, 2.05) is 11.5 Å². The topological polar surface area (TPSA) is 85.8 Å². The van der Waals surface area contributed by atoms with Gasteiger partial charge in [-0.05, 0) is 18.2 Å². The Balaban J connectivity index is 1.86. The van der Waals surface area contributed by atoms with Crippen LogP contribution in [0.5, 0.6) is 0 Å². The molecule has 19 heavy (non-hydrogen) atoms. The first-order valence-electron chi connectivity index (χ1n) is 5.48. The van der Waals surface area contributed by atoms with Crippen molar-refractivity contribution in [2.75, 3.05) is 5.75 Å². The van der Waals surface area contributed by atoms with Gasteiger partial charge in [0, 0.05) is 10.6 Å². The van der Waals surface area contributed by atoms with Gasteiger partial charge < -0.3 is 0 Å². The molecule has 6 nitrogen and oxygen atoms in total. The van der Waals surface area contributed by atoms with Crippen LogP contribution in [0.15, 0.2) is 35.4 Å². The lowest BCUT2D eigenvalue weighted by molar-refractivity contribution is 0.0948. The highest BCUT2D eigenvalue weighted by molar-refractivity contribution is 7.99. The minimum atomic E-state index is -0.482. The maximum atomic E-state index is 13.0. The number of carbonyl (C=O) groups is 1. The number of hydrogen-bond acceptors (Lipinski definition) is 5. The summed E-state index contributed by atoms with van der Waals surface area (Å²) in [5.41, 5.74) is 2.15. The number of hydrazine groups is 1. The minimum absolute atomic E-state index is 0.165. The summed E-state index contributed by atoms with van der Waals surface area (Å²) >= 11 is 1.50. The quantitative estimate of drug-likeness (QED) is 0.367. The second-order valence-electron chi connectivity index (χ2n) is 3.65. The predicted molar refractivity (Wildman–Crippen MR) is 68.8 cm³/mol. The Morgan fingerprint density at radius 3 is 3.11 bits per heavy atom. The van der Waals surface area contributed by atoms with Crippen LogP contribution in [0.25, 0.3) is 0 Å². The highest BCUT2D eigenvalue weighted by Crippen LogP contribution is 2.18. The van der Waals surface area contributed by atoms with Crippen molar-refractivity contribution in [3.8, 4) is 0 Å². The van der Waals surface area contributed by atoms with Gasteiger partial charge in [-0.1, -0.05) is 11.3 Å². The van der Waals surface area contributed by atoms with Crippen LogP contribution in [0.4, 0.5) is 4.39 Å². The molecule has 1 aromatic carbocycles. The summed E-state index contributed by atoms with van der Waals surface area (Å²) in [5, 5.41) is 7.48. The molecule has 3 N–H and O–H groups in total. The second-order valence-corrected chi connectivity index (χ2v) is 4.81. The number of benzene rings is 1. The van der Waals surface area contributed by atoms with Gasteiger partial charge in [-0.25, -0.2) is 10.2 Å². The number of nitrogens with one attached hydrogen (secondary N) is 1. The fraction of sp³-hybridized carbons (Fsp3) is 0.182. The molecule has 2 aromatic rings. The summed E-state index contributed by atoms with van der Waals surface area (Å²) in [5.74, 6) is 4.94. The van der Waals surface area contributed by atoms with Crippen molar-refractivity contribution >= 4 is 17.7 Å². The third-order valence-electron chi connectivity index (χ3n) is 2.29. The van der Waals surface area contributed by atoms with Crippen molar-refractivity contribution in [2.24, 2.45) is 5.84 Å². The van der Waals surface area contributed by atoms with Gasteiger partial charge in [-0.3, -0.25) is 14.9 Å².